The van der Waals surface area contributed by atoms with Crippen LogP contribution in [0.25, 0.3) is 10.6 Å². The first-order valence-electron chi connectivity index (χ1n) is 9.29. The molecule has 4 aromatic rings. The summed E-state index contributed by atoms with van der Waals surface area (Å²) in [5.74, 6) is -0.659. The maximum Gasteiger partial charge on any atom is 0.264 e. The quantitative estimate of drug-likeness (QED) is 0.426. The van der Waals surface area contributed by atoms with Gasteiger partial charge in [-0.15, -0.1) is 11.3 Å². The molecule has 32 heavy (non-hydrogen) atoms. The Bertz CT molecular complexity index is 1330. The van der Waals surface area contributed by atoms with E-state index in [1.54, 1.807) is 23.6 Å². The molecule has 0 aliphatic rings. The lowest BCUT2D eigenvalue weighted by Gasteiger charge is -2.08. The molecule has 0 saturated heterocycles. The molecule has 0 saturated carbocycles. The fraction of sp³-hybridized carbons (Fsp3) is 0.0476. The molecule has 2 N–H and O–H groups in total. The van der Waals surface area contributed by atoms with Crippen LogP contribution in [0.3, 0.4) is 0 Å². The number of nitrogens with one attached hydrogen (secondary N) is 2. The molecule has 2 aromatic heterocycles. The number of hydrogen-bond acceptors (Lipinski definition) is 7. The van der Waals surface area contributed by atoms with Crippen molar-refractivity contribution in [2.24, 2.45) is 0 Å². The molecule has 8 nitrogen and oxygen atoms in total. The Hall–Kier alpha value is -3.70. The molecule has 0 bridgehead atoms. The highest BCUT2D eigenvalue weighted by Gasteiger charge is 2.16. The summed E-state index contributed by atoms with van der Waals surface area (Å²) < 4.78 is 40.2. The molecular weight excluding hydrogens is 453 g/mol. The zero-order valence-electron chi connectivity index (χ0n) is 16.4. The van der Waals surface area contributed by atoms with E-state index in [2.05, 4.69) is 25.0 Å². The van der Waals surface area contributed by atoms with Gasteiger partial charge in [0.25, 0.3) is 10.0 Å². The highest BCUT2D eigenvalue weighted by molar-refractivity contribution is 7.92. The van der Waals surface area contributed by atoms with Crippen LogP contribution in [-0.2, 0) is 21.2 Å². The van der Waals surface area contributed by atoms with Gasteiger partial charge in [-0.1, -0.05) is 0 Å². The molecule has 0 unspecified atom stereocenters. The van der Waals surface area contributed by atoms with E-state index in [9.17, 15) is 17.6 Å². The summed E-state index contributed by atoms with van der Waals surface area (Å²) in [6, 6.07) is 13.3. The van der Waals surface area contributed by atoms with Crippen LogP contribution in [0, 0.1) is 5.82 Å². The highest BCUT2D eigenvalue weighted by Crippen LogP contribution is 2.24. The first-order valence-corrected chi connectivity index (χ1v) is 11.7. The zero-order valence-corrected chi connectivity index (χ0v) is 18.0. The van der Waals surface area contributed by atoms with E-state index in [-0.39, 0.29) is 29.0 Å². The van der Waals surface area contributed by atoms with Crippen LogP contribution in [-0.4, -0.2) is 29.3 Å². The van der Waals surface area contributed by atoms with Crippen LogP contribution in [0.2, 0.25) is 0 Å². The predicted octanol–water partition coefficient (Wildman–Crippen LogP) is 3.72. The number of amides is 1. The molecule has 162 valence electrons. The topological polar surface area (TPSA) is 114 Å². The summed E-state index contributed by atoms with van der Waals surface area (Å²) in [5.41, 5.74) is 1.80. The average molecular weight is 470 g/mol. The average Bonchev–Trinajstić information content (AvgIpc) is 3.23. The van der Waals surface area contributed by atoms with Gasteiger partial charge in [0.2, 0.25) is 11.9 Å². The molecule has 0 fully saturated rings. The van der Waals surface area contributed by atoms with E-state index >= 15 is 0 Å². The lowest BCUT2D eigenvalue weighted by atomic mass is 10.2. The van der Waals surface area contributed by atoms with E-state index < -0.39 is 10.0 Å². The maximum atomic E-state index is 13.1. The van der Waals surface area contributed by atoms with Gasteiger partial charge in [0, 0.05) is 29.0 Å². The number of hydrogen-bond donors (Lipinski definition) is 2. The van der Waals surface area contributed by atoms with Gasteiger partial charge in [-0.25, -0.2) is 32.5 Å². The Morgan fingerprint density at radius 3 is 2.38 bits per heavy atom. The first kappa shape index (κ1) is 21.5. The van der Waals surface area contributed by atoms with Crippen molar-refractivity contribution >= 4 is 38.9 Å². The largest absolute Gasteiger partial charge is 0.326 e. The first-order chi connectivity index (χ1) is 15.4. The number of carbonyl (C=O) groups is 1. The lowest BCUT2D eigenvalue weighted by Crippen LogP contribution is -2.16. The third-order valence-corrected chi connectivity index (χ3v) is 6.51. The van der Waals surface area contributed by atoms with Crippen molar-refractivity contribution in [3.05, 3.63) is 83.9 Å². The minimum Gasteiger partial charge on any atom is -0.326 e. The van der Waals surface area contributed by atoms with E-state index in [0.29, 0.717) is 16.4 Å². The fourth-order valence-electron chi connectivity index (χ4n) is 2.73. The van der Waals surface area contributed by atoms with Crippen molar-refractivity contribution in [2.45, 2.75) is 11.3 Å². The molecule has 1 amide bonds. The summed E-state index contributed by atoms with van der Waals surface area (Å²) in [6.07, 6.45) is 2.90. The van der Waals surface area contributed by atoms with Gasteiger partial charge in [0.1, 0.15) is 10.8 Å². The van der Waals surface area contributed by atoms with Gasteiger partial charge in [-0.2, -0.15) is 0 Å². The molecule has 0 radical (unpaired) electrons. The van der Waals surface area contributed by atoms with Gasteiger partial charge >= 0.3 is 0 Å². The van der Waals surface area contributed by atoms with Crippen LogP contribution in [0.4, 0.5) is 16.0 Å². The molecule has 2 heterocycles. The van der Waals surface area contributed by atoms with E-state index in [4.69, 9.17) is 0 Å². The second-order valence-electron chi connectivity index (χ2n) is 6.58. The number of anilines is 2. The van der Waals surface area contributed by atoms with Crippen molar-refractivity contribution < 1.29 is 17.6 Å². The van der Waals surface area contributed by atoms with Gasteiger partial charge in [-0.05, 0) is 54.6 Å². The predicted molar refractivity (Wildman–Crippen MR) is 119 cm³/mol. The number of halogens is 1. The van der Waals surface area contributed by atoms with Gasteiger partial charge in [-0.3, -0.25) is 4.79 Å². The second-order valence-corrected chi connectivity index (χ2v) is 9.12. The normalized spacial score (nSPS) is 11.2. The number of nitrogens with zero attached hydrogens (tertiary/aromatic N) is 3. The number of benzene rings is 2. The van der Waals surface area contributed by atoms with Gasteiger partial charge in [0.05, 0.1) is 17.0 Å². The number of aromatic nitrogens is 3. The van der Waals surface area contributed by atoms with E-state index in [0.717, 1.165) is 5.56 Å². The number of sulfonamides is 1. The van der Waals surface area contributed by atoms with Crippen LogP contribution in [0.5, 0.6) is 0 Å². The van der Waals surface area contributed by atoms with Gasteiger partial charge < -0.3 is 5.32 Å². The Labute approximate surface area is 187 Å². The third-order valence-electron chi connectivity index (χ3n) is 4.22. The van der Waals surface area contributed by atoms with E-state index in [1.165, 1.54) is 60.1 Å². The van der Waals surface area contributed by atoms with Crippen molar-refractivity contribution in [3.8, 4) is 10.6 Å². The number of carbonyl (C=O) groups excluding carboxylic acids is 1. The van der Waals surface area contributed by atoms with Crippen LogP contribution >= 0.6 is 11.3 Å². The third kappa shape index (κ3) is 5.31. The Morgan fingerprint density at radius 2 is 1.69 bits per heavy atom. The zero-order chi connectivity index (χ0) is 22.6. The fourth-order valence-corrected chi connectivity index (χ4v) is 4.52. The number of rotatable bonds is 7. The minimum absolute atomic E-state index is 0.00592. The molecule has 0 aliphatic carbocycles. The Morgan fingerprint density at radius 1 is 1.00 bits per heavy atom. The van der Waals surface area contributed by atoms with E-state index in [1.807, 2.05) is 0 Å². The molecule has 0 atom stereocenters. The SMILES string of the molecule is O=C(Cc1csc(-c2ccc(F)cc2)n1)Nc1ccc(S(=O)(=O)Nc2ncccn2)cc1. The summed E-state index contributed by atoms with van der Waals surface area (Å²) in [4.78, 5) is 24.4. The van der Waals surface area contributed by atoms with Crippen molar-refractivity contribution in [1.82, 2.24) is 15.0 Å². The molecule has 0 spiro atoms. The molecular formula is C21H16FN5O3S2. The molecule has 4 rings (SSSR count). The molecule has 11 heteroatoms. The van der Waals surface area contributed by atoms with Gasteiger partial charge in [0.15, 0.2) is 0 Å². The van der Waals surface area contributed by atoms with Crippen molar-refractivity contribution in [3.63, 3.8) is 0 Å². The Kier molecular flexibility index (Phi) is 6.19. The van der Waals surface area contributed by atoms with Crippen LogP contribution < -0.4 is 10.0 Å². The highest BCUT2D eigenvalue weighted by atomic mass is 32.2. The summed E-state index contributed by atoms with van der Waals surface area (Å²) in [5, 5.41) is 5.17. The number of thiazole rings is 1. The molecule has 0 aliphatic heterocycles. The summed E-state index contributed by atoms with van der Waals surface area (Å²) in [7, 11) is -3.85. The standard InChI is InChI=1S/C21H16FN5O3S2/c22-15-4-2-14(3-5-15)20-26-17(13-31-20)12-19(28)25-16-6-8-18(9-7-16)32(29,30)27-21-23-10-1-11-24-21/h1-11,13H,12H2,(H,25,28)(H,23,24,27). The monoisotopic (exact) mass is 469 g/mol. The van der Waals surface area contributed by atoms with Crippen molar-refractivity contribution in [2.75, 3.05) is 10.0 Å². The van der Waals surface area contributed by atoms with Crippen LogP contribution in [0.15, 0.2) is 77.3 Å². The lowest BCUT2D eigenvalue weighted by molar-refractivity contribution is -0.115. The maximum absolute atomic E-state index is 13.1. The smallest absolute Gasteiger partial charge is 0.264 e. The molecule has 2 aromatic carbocycles. The van der Waals surface area contributed by atoms with Crippen molar-refractivity contribution in [1.29, 1.82) is 0 Å². The Balaban J connectivity index is 1.37. The second kappa shape index (κ2) is 9.20. The van der Waals surface area contributed by atoms with Crippen LogP contribution in [0.1, 0.15) is 5.69 Å². The minimum atomic E-state index is -3.85. The summed E-state index contributed by atoms with van der Waals surface area (Å²) in [6.45, 7) is 0. The summed E-state index contributed by atoms with van der Waals surface area (Å²) >= 11 is 1.36.